The van der Waals surface area contributed by atoms with E-state index in [0.717, 1.165) is 9.29 Å². The van der Waals surface area contributed by atoms with Crippen LogP contribution in [0.5, 0.6) is 0 Å². The lowest BCUT2D eigenvalue weighted by molar-refractivity contribution is 0.375. The van der Waals surface area contributed by atoms with Crippen molar-refractivity contribution in [3.05, 3.63) is 81.5 Å². The van der Waals surface area contributed by atoms with E-state index in [9.17, 15) is 16.8 Å². The van der Waals surface area contributed by atoms with Crippen molar-refractivity contribution < 1.29 is 16.8 Å². The summed E-state index contributed by atoms with van der Waals surface area (Å²) in [4.78, 5) is 0.915. The SMILES string of the molecule is CCS(=O)(=O)Nc1cccc(C2=NN(S(=O)(=O)c3cccc(Cl)c3)[C@@H](c3cccs3)C2)c1. The quantitative estimate of drug-likeness (QED) is 0.499. The van der Waals surface area contributed by atoms with Gasteiger partial charge in [0, 0.05) is 22.0 Å². The Balaban J connectivity index is 1.75. The average Bonchev–Trinajstić information content (AvgIpc) is 3.44. The van der Waals surface area contributed by atoms with Crippen molar-refractivity contribution in [2.24, 2.45) is 5.10 Å². The van der Waals surface area contributed by atoms with Crippen LogP contribution in [0.15, 0.2) is 76.0 Å². The van der Waals surface area contributed by atoms with Crippen molar-refractivity contribution in [1.29, 1.82) is 0 Å². The first-order valence-electron chi connectivity index (χ1n) is 9.71. The summed E-state index contributed by atoms with van der Waals surface area (Å²) >= 11 is 7.48. The third kappa shape index (κ3) is 4.68. The lowest BCUT2D eigenvalue weighted by atomic mass is 10.0. The number of hydrogen-bond acceptors (Lipinski definition) is 6. The highest BCUT2D eigenvalue weighted by Crippen LogP contribution is 2.39. The smallest absolute Gasteiger partial charge is 0.279 e. The van der Waals surface area contributed by atoms with Gasteiger partial charge < -0.3 is 0 Å². The second-order valence-electron chi connectivity index (χ2n) is 7.10. The number of hydrogen-bond donors (Lipinski definition) is 1. The Morgan fingerprint density at radius 3 is 2.56 bits per heavy atom. The molecule has 1 aromatic heterocycles. The third-order valence-corrected chi connectivity index (χ3v) is 9.13. The number of nitrogens with one attached hydrogen (secondary N) is 1. The molecule has 32 heavy (non-hydrogen) atoms. The van der Waals surface area contributed by atoms with Gasteiger partial charge in [0.2, 0.25) is 10.0 Å². The van der Waals surface area contributed by atoms with Crippen molar-refractivity contribution in [2.45, 2.75) is 24.3 Å². The van der Waals surface area contributed by atoms with E-state index in [1.165, 1.54) is 23.5 Å². The van der Waals surface area contributed by atoms with Crippen molar-refractivity contribution in [1.82, 2.24) is 4.41 Å². The van der Waals surface area contributed by atoms with Crippen molar-refractivity contribution >= 4 is 54.4 Å². The molecule has 2 heterocycles. The van der Waals surface area contributed by atoms with Crippen LogP contribution in [0.2, 0.25) is 5.02 Å². The summed E-state index contributed by atoms with van der Waals surface area (Å²) in [6.07, 6.45) is 0.351. The van der Waals surface area contributed by atoms with E-state index in [-0.39, 0.29) is 10.6 Å². The predicted molar refractivity (Wildman–Crippen MR) is 128 cm³/mol. The van der Waals surface area contributed by atoms with Gasteiger partial charge in [0.1, 0.15) is 6.04 Å². The van der Waals surface area contributed by atoms with E-state index in [0.29, 0.717) is 28.4 Å². The highest BCUT2D eigenvalue weighted by molar-refractivity contribution is 7.92. The number of benzene rings is 2. The molecule has 0 saturated carbocycles. The Bertz CT molecular complexity index is 1370. The summed E-state index contributed by atoms with van der Waals surface area (Å²) < 4.78 is 54.4. The van der Waals surface area contributed by atoms with Crippen LogP contribution >= 0.6 is 22.9 Å². The van der Waals surface area contributed by atoms with E-state index in [2.05, 4.69) is 9.82 Å². The van der Waals surface area contributed by atoms with Gasteiger partial charge in [-0.1, -0.05) is 35.9 Å². The van der Waals surface area contributed by atoms with Gasteiger partial charge in [-0.05, 0) is 54.3 Å². The first-order chi connectivity index (χ1) is 15.2. The molecular formula is C21H20ClN3O4S3. The maximum atomic E-state index is 13.4. The first kappa shape index (κ1) is 22.8. The van der Waals surface area contributed by atoms with Gasteiger partial charge in [-0.25, -0.2) is 8.42 Å². The highest BCUT2D eigenvalue weighted by atomic mass is 35.5. The van der Waals surface area contributed by atoms with Gasteiger partial charge in [0.05, 0.1) is 16.4 Å². The molecule has 1 N–H and O–H groups in total. The molecule has 0 amide bonds. The van der Waals surface area contributed by atoms with Crippen LogP contribution in [0.3, 0.4) is 0 Å². The summed E-state index contributed by atoms with van der Waals surface area (Å²) in [7, 11) is -7.40. The Morgan fingerprint density at radius 2 is 1.88 bits per heavy atom. The largest absolute Gasteiger partial charge is 0.284 e. The molecule has 168 valence electrons. The minimum Gasteiger partial charge on any atom is -0.284 e. The van der Waals surface area contributed by atoms with Gasteiger partial charge in [-0.3, -0.25) is 4.72 Å². The fourth-order valence-corrected chi connectivity index (χ4v) is 6.56. The fourth-order valence-electron chi connectivity index (χ4n) is 3.33. The van der Waals surface area contributed by atoms with Crippen LogP contribution in [0.4, 0.5) is 5.69 Å². The van der Waals surface area contributed by atoms with Crippen molar-refractivity contribution in [3.63, 3.8) is 0 Å². The molecule has 3 aromatic rings. The monoisotopic (exact) mass is 509 g/mol. The van der Waals surface area contributed by atoms with Crippen LogP contribution in [0.25, 0.3) is 0 Å². The molecule has 4 rings (SSSR count). The van der Waals surface area contributed by atoms with Crippen LogP contribution in [-0.4, -0.2) is 32.7 Å². The number of halogens is 1. The zero-order valence-corrected chi connectivity index (χ0v) is 20.2. The Labute approximate surface area is 196 Å². The zero-order chi connectivity index (χ0) is 22.9. The number of hydrazone groups is 1. The van der Waals surface area contributed by atoms with Crippen LogP contribution in [0, 0.1) is 0 Å². The number of nitrogens with zero attached hydrogens (tertiary/aromatic N) is 2. The van der Waals surface area contributed by atoms with E-state index >= 15 is 0 Å². The summed E-state index contributed by atoms with van der Waals surface area (Å²) in [6, 6.07) is 16.1. The van der Waals surface area contributed by atoms with E-state index in [4.69, 9.17) is 11.6 Å². The number of anilines is 1. The minimum atomic E-state index is -3.96. The molecule has 11 heteroatoms. The summed E-state index contributed by atoms with van der Waals surface area (Å²) in [6.45, 7) is 1.55. The van der Waals surface area contributed by atoms with Crippen LogP contribution in [-0.2, 0) is 20.0 Å². The summed E-state index contributed by atoms with van der Waals surface area (Å²) in [5.41, 5.74) is 1.59. The molecule has 0 aliphatic carbocycles. The Kier molecular flexibility index (Phi) is 6.30. The lowest BCUT2D eigenvalue weighted by Gasteiger charge is -2.22. The zero-order valence-electron chi connectivity index (χ0n) is 17.0. The van der Waals surface area contributed by atoms with Gasteiger partial charge in [0.15, 0.2) is 0 Å². The standard InChI is InChI=1S/C21H20ClN3O4S3/c1-2-31(26,27)24-17-8-3-6-15(12-17)19-14-20(21-10-5-11-30-21)25(23-19)32(28,29)18-9-4-7-16(22)13-18/h3-13,20,24H,2,14H2,1H3/t20-/m1/s1. The summed E-state index contributed by atoms with van der Waals surface area (Å²) in [5.74, 6) is -0.0513. The maximum Gasteiger partial charge on any atom is 0.279 e. The molecule has 1 atom stereocenters. The van der Waals surface area contributed by atoms with Crippen LogP contribution in [0.1, 0.15) is 29.8 Å². The van der Waals surface area contributed by atoms with Gasteiger partial charge in [-0.15, -0.1) is 11.3 Å². The van der Waals surface area contributed by atoms with Crippen LogP contribution < -0.4 is 4.72 Å². The van der Waals surface area contributed by atoms with Gasteiger partial charge in [0.25, 0.3) is 10.0 Å². The molecule has 0 radical (unpaired) electrons. The topological polar surface area (TPSA) is 95.9 Å². The molecule has 0 saturated heterocycles. The maximum absolute atomic E-state index is 13.4. The molecule has 1 aliphatic heterocycles. The number of thiophene rings is 1. The van der Waals surface area contributed by atoms with E-state index < -0.39 is 26.1 Å². The minimum absolute atomic E-state index is 0.0513. The second-order valence-corrected chi connectivity index (χ2v) is 12.3. The molecule has 0 bridgehead atoms. The van der Waals surface area contributed by atoms with Gasteiger partial charge >= 0.3 is 0 Å². The number of rotatable bonds is 7. The normalized spacial score (nSPS) is 16.8. The van der Waals surface area contributed by atoms with Gasteiger partial charge in [-0.2, -0.15) is 17.9 Å². The molecule has 0 spiro atoms. The fraction of sp³-hybridized carbons (Fsp3) is 0.190. The average molecular weight is 510 g/mol. The molecule has 0 unspecified atom stereocenters. The molecule has 1 aliphatic rings. The Morgan fingerprint density at radius 1 is 1.09 bits per heavy atom. The predicted octanol–water partition coefficient (Wildman–Crippen LogP) is 4.70. The first-order valence-corrected chi connectivity index (χ1v) is 14.1. The molecule has 0 fully saturated rings. The number of sulfonamides is 2. The second kappa shape index (κ2) is 8.86. The molecule has 7 nitrogen and oxygen atoms in total. The highest BCUT2D eigenvalue weighted by Gasteiger charge is 2.38. The molecular weight excluding hydrogens is 490 g/mol. The van der Waals surface area contributed by atoms with E-state index in [1.54, 1.807) is 43.3 Å². The van der Waals surface area contributed by atoms with Crippen molar-refractivity contribution in [3.8, 4) is 0 Å². The van der Waals surface area contributed by atoms with E-state index in [1.807, 2.05) is 17.5 Å². The third-order valence-electron chi connectivity index (χ3n) is 4.93. The van der Waals surface area contributed by atoms with Crippen molar-refractivity contribution in [2.75, 3.05) is 10.5 Å². The summed E-state index contributed by atoms with van der Waals surface area (Å²) in [5, 5.41) is 6.68. The molecule has 2 aromatic carbocycles. The Hall–Kier alpha value is -2.40. The lowest BCUT2D eigenvalue weighted by Crippen LogP contribution is -2.26.